The summed E-state index contributed by atoms with van der Waals surface area (Å²) < 4.78 is 67.2. The Balaban J connectivity index is 1.52. The van der Waals surface area contributed by atoms with Crippen LogP contribution in [0.1, 0.15) is 56.7 Å². The van der Waals surface area contributed by atoms with Crippen molar-refractivity contribution in [2.45, 2.75) is 64.1 Å². The number of sulfonamides is 1. The average Bonchev–Trinajstić information content (AvgIpc) is 3.50. The molecule has 2 fully saturated rings. The number of rotatable bonds is 8. The number of nitrogens with zero attached hydrogens (tertiary/aromatic N) is 3. The molecule has 1 aromatic heterocycles. The first-order chi connectivity index (χ1) is 17.7. The SMILES string of the molecule is CC(=O)Nc1ccc(Nc2ncc(C(F)(F)F)c(CC[C@@H]3C[C@@]34CCCC[C@H]4N(C)S(C)(=O)=O)n2)cc1Cl. The van der Waals surface area contributed by atoms with Crippen LogP contribution >= 0.6 is 11.6 Å². The van der Waals surface area contributed by atoms with Gasteiger partial charge in [-0.1, -0.05) is 24.4 Å². The summed E-state index contributed by atoms with van der Waals surface area (Å²) in [6.07, 6.45) is 2.30. The van der Waals surface area contributed by atoms with Crippen molar-refractivity contribution in [2.75, 3.05) is 23.9 Å². The first-order valence-electron chi connectivity index (χ1n) is 12.4. The summed E-state index contributed by atoms with van der Waals surface area (Å²) in [6, 6.07) is 4.56. The van der Waals surface area contributed by atoms with Gasteiger partial charge in [0.2, 0.25) is 21.9 Å². The van der Waals surface area contributed by atoms with Gasteiger partial charge in [0.1, 0.15) is 0 Å². The van der Waals surface area contributed by atoms with E-state index in [1.54, 1.807) is 19.2 Å². The highest BCUT2D eigenvalue weighted by Crippen LogP contribution is 2.64. The monoisotopic (exact) mass is 573 g/mol. The maximum Gasteiger partial charge on any atom is 0.419 e. The Hall–Kier alpha value is -2.44. The standard InChI is InChI=1S/C25H31ClF3N5O3S/c1-15(35)31-21-10-8-17(12-19(21)26)32-23-30-14-18(25(27,28)29)20(33-23)9-7-16-13-24(16)11-5-4-6-22(24)34(2)38(3,36)37/h8,10,12,14,16,22H,4-7,9,11,13H2,1-3H3,(H,31,35)(H,30,32,33)/t16-,22-,24+/m1/s1. The van der Waals surface area contributed by atoms with Crippen LogP contribution in [0.4, 0.5) is 30.5 Å². The molecule has 1 spiro atoms. The third kappa shape index (κ3) is 6.23. The first kappa shape index (κ1) is 28.6. The zero-order chi connectivity index (χ0) is 27.9. The Labute approximate surface area is 225 Å². The van der Waals surface area contributed by atoms with Gasteiger partial charge in [-0.25, -0.2) is 22.7 Å². The van der Waals surface area contributed by atoms with E-state index in [0.717, 1.165) is 38.3 Å². The minimum absolute atomic E-state index is 0.00536. The molecule has 4 rings (SSSR count). The Morgan fingerprint density at radius 1 is 1.29 bits per heavy atom. The molecule has 13 heteroatoms. The van der Waals surface area contributed by atoms with Crippen molar-refractivity contribution in [1.29, 1.82) is 0 Å². The number of hydrogen-bond acceptors (Lipinski definition) is 6. The molecule has 2 aromatic rings. The fraction of sp³-hybridized carbons (Fsp3) is 0.560. The van der Waals surface area contributed by atoms with Crippen LogP contribution in [0.25, 0.3) is 0 Å². The van der Waals surface area contributed by atoms with E-state index in [2.05, 4.69) is 20.6 Å². The van der Waals surface area contributed by atoms with E-state index < -0.39 is 21.8 Å². The van der Waals surface area contributed by atoms with Crippen molar-refractivity contribution in [3.8, 4) is 0 Å². The van der Waals surface area contributed by atoms with Gasteiger partial charge in [0, 0.05) is 31.9 Å². The predicted octanol–water partition coefficient (Wildman–Crippen LogP) is 5.62. The summed E-state index contributed by atoms with van der Waals surface area (Å²) in [4.78, 5) is 19.3. The topological polar surface area (TPSA) is 104 Å². The summed E-state index contributed by atoms with van der Waals surface area (Å²) in [5.74, 6) is -0.165. The van der Waals surface area contributed by atoms with Gasteiger partial charge in [0.05, 0.1) is 28.2 Å². The van der Waals surface area contributed by atoms with Crippen LogP contribution in [0.5, 0.6) is 0 Å². The van der Waals surface area contributed by atoms with Gasteiger partial charge in [0.15, 0.2) is 0 Å². The molecular weight excluding hydrogens is 543 g/mol. The summed E-state index contributed by atoms with van der Waals surface area (Å²) in [6.45, 7) is 1.35. The Morgan fingerprint density at radius 2 is 2.03 bits per heavy atom. The number of aromatic nitrogens is 2. The Kier molecular flexibility index (Phi) is 7.98. The van der Waals surface area contributed by atoms with Gasteiger partial charge in [-0.05, 0) is 61.6 Å². The third-order valence-corrected chi connectivity index (χ3v) is 9.33. The molecule has 0 aliphatic heterocycles. The molecule has 0 saturated heterocycles. The molecule has 2 saturated carbocycles. The van der Waals surface area contributed by atoms with E-state index in [1.165, 1.54) is 23.6 Å². The van der Waals surface area contributed by atoms with Crippen LogP contribution in [0.2, 0.25) is 5.02 Å². The molecule has 1 heterocycles. The van der Waals surface area contributed by atoms with Gasteiger partial charge in [-0.2, -0.15) is 13.2 Å². The number of nitrogens with one attached hydrogen (secondary N) is 2. The summed E-state index contributed by atoms with van der Waals surface area (Å²) in [7, 11) is -1.77. The largest absolute Gasteiger partial charge is 0.419 e. The van der Waals surface area contributed by atoms with E-state index in [1.807, 2.05) is 0 Å². The zero-order valence-corrected chi connectivity index (χ0v) is 23.0. The Morgan fingerprint density at radius 3 is 2.66 bits per heavy atom. The minimum atomic E-state index is -4.61. The second kappa shape index (κ2) is 10.6. The molecule has 208 valence electrons. The fourth-order valence-electron chi connectivity index (χ4n) is 5.75. The smallest absolute Gasteiger partial charge is 0.325 e. The lowest BCUT2D eigenvalue weighted by molar-refractivity contribution is -0.138. The lowest BCUT2D eigenvalue weighted by Gasteiger charge is -2.38. The summed E-state index contributed by atoms with van der Waals surface area (Å²) >= 11 is 6.20. The highest BCUT2D eigenvalue weighted by atomic mass is 35.5. The quantitative estimate of drug-likeness (QED) is 0.424. The number of amides is 1. The lowest BCUT2D eigenvalue weighted by atomic mass is 9.79. The van der Waals surface area contributed by atoms with Crippen LogP contribution in [0.3, 0.4) is 0 Å². The molecule has 1 amide bonds. The molecular formula is C25H31ClF3N5O3S. The van der Waals surface area contributed by atoms with Gasteiger partial charge >= 0.3 is 6.18 Å². The van der Waals surface area contributed by atoms with Crippen molar-refractivity contribution in [2.24, 2.45) is 11.3 Å². The molecule has 0 radical (unpaired) electrons. The number of anilines is 3. The van der Waals surface area contributed by atoms with Gasteiger partial charge < -0.3 is 10.6 Å². The molecule has 2 aliphatic rings. The number of benzene rings is 1. The number of carbonyl (C=O) groups excluding carboxylic acids is 1. The minimum Gasteiger partial charge on any atom is -0.325 e. The predicted molar refractivity (Wildman–Crippen MR) is 140 cm³/mol. The van der Waals surface area contributed by atoms with E-state index >= 15 is 0 Å². The third-order valence-electron chi connectivity index (χ3n) is 7.71. The maximum atomic E-state index is 13.8. The molecule has 8 nitrogen and oxygen atoms in total. The fourth-order valence-corrected chi connectivity index (χ4v) is 6.76. The molecule has 0 bridgehead atoms. The van der Waals surface area contributed by atoms with Crippen LogP contribution in [0, 0.1) is 11.3 Å². The number of halogens is 4. The molecule has 1 aromatic carbocycles. The number of aryl methyl sites for hydroxylation is 1. The second-order valence-electron chi connectivity index (χ2n) is 10.3. The maximum absolute atomic E-state index is 13.8. The first-order valence-corrected chi connectivity index (χ1v) is 14.6. The number of alkyl halides is 3. The van der Waals surface area contributed by atoms with Crippen LogP contribution in [-0.2, 0) is 27.4 Å². The van der Waals surface area contributed by atoms with Crippen molar-refractivity contribution < 1.29 is 26.4 Å². The van der Waals surface area contributed by atoms with Crippen molar-refractivity contribution >= 4 is 44.9 Å². The molecule has 0 unspecified atom stereocenters. The second-order valence-corrected chi connectivity index (χ2v) is 12.7. The van der Waals surface area contributed by atoms with Crippen molar-refractivity contribution in [3.05, 3.63) is 40.7 Å². The molecule has 2 aliphatic carbocycles. The van der Waals surface area contributed by atoms with Crippen LogP contribution in [0.15, 0.2) is 24.4 Å². The van der Waals surface area contributed by atoms with E-state index in [4.69, 9.17) is 11.6 Å². The number of carbonyl (C=O) groups is 1. The highest BCUT2D eigenvalue weighted by Gasteiger charge is 2.60. The number of hydrogen-bond donors (Lipinski definition) is 2. The van der Waals surface area contributed by atoms with Crippen LogP contribution < -0.4 is 10.6 Å². The summed E-state index contributed by atoms with van der Waals surface area (Å²) in [5, 5.41) is 5.71. The van der Waals surface area contributed by atoms with Gasteiger partial charge in [-0.15, -0.1) is 0 Å². The van der Waals surface area contributed by atoms with Crippen LogP contribution in [-0.4, -0.2) is 47.9 Å². The van der Waals surface area contributed by atoms with Gasteiger partial charge in [-0.3, -0.25) is 4.79 Å². The molecule has 3 atom stereocenters. The molecule has 38 heavy (non-hydrogen) atoms. The van der Waals surface area contributed by atoms with Gasteiger partial charge in [0.25, 0.3) is 0 Å². The lowest BCUT2D eigenvalue weighted by Crippen LogP contribution is -2.45. The zero-order valence-electron chi connectivity index (χ0n) is 21.4. The summed E-state index contributed by atoms with van der Waals surface area (Å²) in [5.41, 5.74) is -0.328. The van der Waals surface area contributed by atoms with E-state index in [9.17, 15) is 26.4 Å². The normalized spacial score (nSPS) is 23.5. The molecule has 2 N–H and O–H groups in total. The Bertz CT molecular complexity index is 1320. The average molecular weight is 574 g/mol. The van der Waals surface area contributed by atoms with Crippen molar-refractivity contribution in [1.82, 2.24) is 14.3 Å². The van der Waals surface area contributed by atoms with E-state index in [0.29, 0.717) is 17.8 Å². The van der Waals surface area contributed by atoms with E-state index in [-0.39, 0.29) is 46.4 Å². The van der Waals surface area contributed by atoms with Crippen molar-refractivity contribution in [3.63, 3.8) is 0 Å². The highest BCUT2D eigenvalue weighted by molar-refractivity contribution is 7.88.